The minimum atomic E-state index is -1.29. The number of carboxylic acids is 1. The van der Waals surface area contributed by atoms with Crippen molar-refractivity contribution in [2.45, 2.75) is 6.92 Å². The molecular formula is C11H9FN2O3. The molecule has 0 saturated carbocycles. The quantitative estimate of drug-likeness (QED) is 0.825. The maximum Gasteiger partial charge on any atom is 0.343 e. The molecule has 0 aliphatic heterocycles. The van der Waals surface area contributed by atoms with E-state index in [0.29, 0.717) is 5.69 Å². The predicted octanol–water partition coefficient (Wildman–Crippen LogP) is 1.31. The van der Waals surface area contributed by atoms with Crippen LogP contribution in [-0.4, -0.2) is 20.9 Å². The number of rotatable bonds is 2. The summed E-state index contributed by atoms with van der Waals surface area (Å²) in [7, 11) is 0. The molecule has 1 heterocycles. The fourth-order valence-corrected chi connectivity index (χ4v) is 1.57. The second-order valence-electron chi connectivity index (χ2n) is 3.53. The molecule has 6 heteroatoms. The van der Waals surface area contributed by atoms with Crippen molar-refractivity contribution in [2.24, 2.45) is 0 Å². The highest BCUT2D eigenvalue weighted by Gasteiger charge is 2.18. The zero-order valence-corrected chi connectivity index (χ0v) is 8.90. The number of aromatic nitrogens is 2. The van der Waals surface area contributed by atoms with E-state index in [9.17, 15) is 14.0 Å². The van der Waals surface area contributed by atoms with Gasteiger partial charge in [0.25, 0.3) is 5.56 Å². The van der Waals surface area contributed by atoms with Crippen LogP contribution in [0.4, 0.5) is 4.39 Å². The number of aromatic carboxylic acids is 1. The maximum atomic E-state index is 12.7. The summed E-state index contributed by atoms with van der Waals surface area (Å²) < 4.78 is 13.8. The maximum absolute atomic E-state index is 12.7. The zero-order valence-electron chi connectivity index (χ0n) is 8.90. The van der Waals surface area contributed by atoms with E-state index in [1.165, 1.54) is 31.2 Å². The lowest BCUT2D eigenvalue weighted by molar-refractivity contribution is 0.0694. The monoisotopic (exact) mass is 236 g/mol. The smallest absolute Gasteiger partial charge is 0.343 e. The second-order valence-corrected chi connectivity index (χ2v) is 3.53. The van der Waals surface area contributed by atoms with Gasteiger partial charge in [0.1, 0.15) is 11.4 Å². The normalized spacial score (nSPS) is 10.5. The van der Waals surface area contributed by atoms with Crippen molar-refractivity contribution in [1.82, 2.24) is 9.78 Å². The Kier molecular flexibility index (Phi) is 2.55. The summed E-state index contributed by atoms with van der Waals surface area (Å²) in [4.78, 5) is 22.6. The van der Waals surface area contributed by atoms with Gasteiger partial charge in [-0.05, 0) is 31.2 Å². The van der Waals surface area contributed by atoms with E-state index in [0.717, 1.165) is 4.68 Å². The molecule has 0 fully saturated rings. The van der Waals surface area contributed by atoms with Gasteiger partial charge in [0.15, 0.2) is 0 Å². The minimum absolute atomic E-state index is 0.256. The van der Waals surface area contributed by atoms with Gasteiger partial charge in [0.2, 0.25) is 0 Å². The SMILES string of the molecule is Cc1[nH]n(-c2ccc(F)cc2)c(=O)c1C(=O)O. The molecule has 0 radical (unpaired) electrons. The minimum Gasteiger partial charge on any atom is -0.477 e. The Hall–Kier alpha value is -2.37. The van der Waals surface area contributed by atoms with Gasteiger partial charge in [-0.1, -0.05) is 0 Å². The van der Waals surface area contributed by atoms with Crippen molar-refractivity contribution < 1.29 is 14.3 Å². The fraction of sp³-hybridized carbons (Fsp3) is 0.0909. The molecule has 2 N–H and O–H groups in total. The largest absolute Gasteiger partial charge is 0.477 e. The fourth-order valence-electron chi connectivity index (χ4n) is 1.57. The molecule has 0 unspecified atom stereocenters. The van der Waals surface area contributed by atoms with Gasteiger partial charge in [0, 0.05) is 5.69 Å². The number of hydrogen-bond acceptors (Lipinski definition) is 2. The summed E-state index contributed by atoms with van der Waals surface area (Å²) in [6, 6.07) is 5.16. The Balaban J connectivity index is 2.62. The molecule has 0 atom stereocenters. The van der Waals surface area contributed by atoms with Crippen LogP contribution in [0.25, 0.3) is 5.69 Å². The summed E-state index contributed by atoms with van der Waals surface area (Å²) in [5.74, 6) is -1.71. The molecule has 5 nitrogen and oxygen atoms in total. The van der Waals surface area contributed by atoms with Gasteiger partial charge < -0.3 is 5.11 Å². The lowest BCUT2D eigenvalue weighted by atomic mass is 10.2. The number of nitrogens with zero attached hydrogens (tertiary/aromatic N) is 1. The number of H-pyrrole nitrogens is 1. The molecule has 1 aromatic carbocycles. The summed E-state index contributed by atoms with van der Waals surface area (Å²) in [6.45, 7) is 1.49. The van der Waals surface area contributed by atoms with Gasteiger partial charge in [0.05, 0.1) is 5.69 Å². The zero-order chi connectivity index (χ0) is 12.6. The Morgan fingerprint density at radius 1 is 1.35 bits per heavy atom. The number of halogens is 1. The van der Waals surface area contributed by atoms with Crippen LogP contribution in [0.5, 0.6) is 0 Å². The van der Waals surface area contributed by atoms with E-state index in [1.807, 2.05) is 0 Å². The van der Waals surface area contributed by atoms with E-state index < -0.39 is 17.3 Å². The van der Waals surface area contributed by atoms with Crippen molar-refractivity contribution in [2.75, 3.05) is 0 Å². The van der Waals surface area contributed by atoms with Crippen molar-refractivity contribution in [3.05, 3.63) is 51.7 Å². The molecular weight excluding hydrogens is 227 g/mol. The van der Waals surface area contributed by atoms with Crippen molar-refractivity contribution in [3.8, 4) is 5.69 Å². The topological polar surface area (TPSA) is 75.1 Å². The van der Waals surface area contributed by atoms with E-state index in [-0.39, 0.29) is 11.3 Å². The first kappa shape index (κ1) is 11.1. The number of carboxylic acid groups (broad SMARTS) is 1. The van der Waals surface area contributed by atoms with Gasteiger partial charge in [-0.15, -0.1) is 0 Å². The molecule has 0 saturated heterocycles. The van der Waals surface area contributed by atoms with Gasteiger partial charge >= 0.3 is 5.97 Å². The summed E-state index contributed by atoms with van der Waals surface area (Å²) in [6.07, 6.45) is 0. The molecule has 1 aromatic heterocycles. The Labute approximate surface area is 95.1 Å². The number of carbonyl (C=O) groups is 1. The van der Waals surface area contributed by atoms with Gasteiger partial charge in [-0.3, -0.25) is 9.89 Å². The standard InChI is InChI=1S/C11H9FN2O3/c1-6-9(11(16)17)10(15)14(13-6)8-4-2-7(12)3-5-8/h2-5,13H,1H3,(H,16,17). The molecule has 2 aromatic rings. The lowest BCUT2D eigenvalue weighted by Crippen LogP contribution is -2.20. The number of aromatic amines is 1. The summed E-state index contributed by atoms with van der Waals surface area (Å²) in [5, 5.41) is 11.5. The van der Waals surface area contributed by atoms with Gasteiger partial charge in [-0.2, -0.15) is 0 Å². The summed E-state index contributed by atoms with van der Waals surface area (Å²) in [5.41, 5.74) is -0.338. The average molecular weight is 236 g/mol. The Morgan fingerprint density at radius 2 is 1.94 bits per heavy atom. The Bertz CT molecular complexity index is 625. The van der Waals surface area contributed by atoms with E-state index in [1.54, 1.807) is 0 Å². The number of nitrogens with one attached hydrogen (secondary N) is 1. The third kappa shape index (κ3) is 1.84. The second kappa shape index (κ2) is 3.89. The van der Waals surface area contributed by atoms with Gasteiger partial charge in [-0.25, -0.2) is 13.9 Å². The number of hydrogen-bond donors (Lipinski definition) is 2. The van der Waals surface area contributed by atoms with Crippen LogP contribution in [0.15, 0.2) is 29.1 Å². The van der Waals surface area contributed by atoms with E-state index in [4.69, 9.17) is 5.11 Å². The van der Waals surface area contributed by atoms with Crippen molar-refractivity contribution >= 4 is 5.97 Å². The van der Waals surface area contributed by atoms with Crippen molar-refractivity contribution in [3.63, 3.8) is 0 Å². The third-order valence-corrected chi connectivity index (χ3v) is 2.37. The van der Waals surface area contributed by atoms with Crippen LogP contribution in [0.3, 0.4) is 0 Å². The molecule has 0 aliphatic rings. The van der Waals surface area contributed by atoms with Crippen LogP contribution in [0, 0.1) is 12.7 Å². The van der Waals surface area contributed by atoms with Crippen LogP contribution >= 0.6 is 0 Å². The first-order valence-corrected chi connectivity index (χ1v) is 4.81. The summed E-state index contributed by atoms with van der Waals surface area (Å²) >= 11 is 0. The highest BCUT2D eigenvalue weighted by Crippen LogP contribution is 2.08. The molecule has 88 valence electrons. The van der Waals surface area contributed by atoms with Crippen molar-refractivity contribution in [1.29, 1.82) is 0 Å². The highest BCUT2D eigenvalue weighted by atomic mass is 19.1. The average Bonchev–Trinajstić information content (AvgIpc) is 2.55. The molecule has 0 bridgehead atoms. The first-order valence-electron chi connectivity index (χ1n) is 4.81. The lowest BCUT2D eigenvalue weighted by Gasteiger charge is -2.00. The van der Waals surface area contributed by atoms with Crippen LogP contribution in [0.2, 0.25) is 0 Å². The van der Waals surface area contributed by atoms with E-state index in [2.05, 4.69) is 5.10 Å². The molecule has 17 heavy (non-hydrogen) atoms. The third-order valence-electron chi connectivity index (χ3n) is 2.37. The molecule has 0 aliphatic carbocycles. The Morgan fingerprint density at radius 3 is 2.41 bits per heavy atom. The highest BCUT2D eigenvalue weighted by molar-refractivity contribution is 5.88. The van der Waals surface area contributed by atoms with E-state index >= 15 is 0 Å². The van der Waals surface area contributed by atoms with Crippen LogP contribution < -0.4 is 5.56 Å². The number of benzene rings is 1. The number of aryl methyl sites for hydroxylation is 1. The van der Waals surface area contributed by atoms with Crippen LogP contribution in [-0.2, 0) is 0 Å². The molecule has 2 rings (SSSR count). The first-order chi connectivity index (χ1) is 8.00. The molecule has 0 spiro atoms. The predicted molar refractivity (Wildman–Crippen MR) is 58.0 cm³/mol. The molecule has 0 amide bonds. The van der Waals surface area contributed by atoms with Crippen LogP contribution in [0.1, 0.15) is 16.1 Å².